The molecule has 0 aliphatic heterocycles. The third kappa shape index (κ3) is 4.28. The zero-order valence-electron chi connectivity index (χ0n) is 9.35. The van der Waals surface area contributed by atoms with Crippen molar-refractivity contribution in [2.45, 2.75) is 19.6 Å². The second-order valence-corrected chi connectivity index (χ2v) is 3.47. The number of carbonyl (C=O) groups is 1. The van der Waals surface area contributed by atoms with Crippen molar-refractivity contribution >= 4 is 6.09 Å². The van der Waals surface area contributed by atoms with Gasteiger partial charge in [0.15, 0.2) is 0 Å². The van der Waals surface area contributed by atoms with Gasteiger partial charge in [-0.05, 0) is 25.1 Å². The normalized spacial score (nSPS) is 11.9. The lowest BCUT2D eigenvalue weighted by Crippen LogP contribution is -2.25. The number of rotatable bonds is 5. The fourth-order valence-corrected chi connectivity index (χ4v) is 1.25. The Balaban J connectivity index is 2.59. The Kier molecular flexibility index (Phi) is 4.71. The van der Waals surface area contributed by atoms with Gasteiger partial charge in [0.2, 0.25) is 0 Å². The van der Waals surface area contributed by atoms with Crippen molar-refractivity contribution in [1.29, 1.82) is 0 Å². The maximum absolute atomic E-state index is 12.9. The van der Waals surface area contributed by atoms with E-state index in [1.54, 1.807) is 6.92 Å². The van der Waals surface area contributed by atoms with E-state index in [0.717, 1.165) is 0 Å². The number of hydrogen-bond donors (Lipinski definition) is 2. The molecule has 0 heterocycles. The predicted molar refractivity (Wildman–Crippen MR) is 57.9 cm³/mol. The quantitative estimate of drug-likeness (QED) is 0.813. The molecule has 0 fully saturated rings. The average molecular weight is 243 g/mol. The van der Waals surface area contributed by atoms with Gasteiger partial charge in [-0.25, -0.2) is 9.18 Å². The second-order valence-electron chi connectivity index (χ2n) is 3.47. The zero-order chi connectivity index (χ0) is 12.8. The molecule has 1 rings (SSSR count). The first-order valence-corrected chi connectivity index (χ1v) is 5.01. The summed E-state index contributed by atoms with van der Waals surface area (Å²) in [6, 6.07) is 3.79. The van der Waals surface area contributed by atoms with Crippen molar-refractivity contribution in [2.75, 3.05) is 6.61 Å². The Morgan fingerprint density at radius 3 is 2.88 bits per heavy atom. The van der Waals surface area contributed by atoms with Crippen molar-refractivity contribution in [1.82, 2.24) is 0 Å². The molecule has 5 nitrogen and oxygen atoms in total. The highest BCUT2D eigenvalue weighted by molar-refractivity contribution is 5.64. The summed E-state index contributed by atoms with van der Waals surface area (Å²) in [5, 5.41) is 9.00. The molecule has 94 valence electrons. The van der Waals surface area contributed by atoms with E-state index in [1.165, 1.54) is 18.2 Å². The monoisotopic (exact) mass is 243 g/mol. The lowest BCUT2D eigenvalue weighted by Gasteiger charge is -2.14. The van der Waals surface area contributed by atoms with E-state index < -0.39 is 18.0 Å². The molecule has 0 aliphatic carbocycles. The van der Waals surface area contributed by atoms with Gasteiger partial charge in [-0.2, -0.15) is 0 Å². The van der Waals surface area contributed by atoms with Crippen LogP contribution in [-0.4, -0.2) is 23.9 Å². The van der Waals surface area contributed by atoms with Gasteiger partial charge >= 0.3 is 6.09 Å². The second kappa shape index (κ2) is 6.05. The summed E-state index contributed by atoms with van der Waals surface area (Å²) >= 11 is 0. The number of ether oxygens (including phenoxy) is 2. The van der Waals surface area contributed by atoms with Crippen molar-refractivity contribution in [3.8, 4) is 5.75 Å². The largest absolute Gasteiger partial charge is 0.489 e. The van der Waals surface area contributed by atoms with E-state index in [1.807, 2.05) is 0 Å². The molecule has 1 aromatic carbocycles. The molecule has 1 aromatic rings. The van der Waals surface area contributed by atoms with Crippen LogP contribution in [0.15, 0.2) is 18.2 Å². The minimum absolute atomic E-state index is 0.0710. The summed E-state index contributed by atoms with van der Waals surface area (Å²) in [5.41, 5.74) is 5.16. The Hall–Kier alpha value is -1.82. The third-order valence-corrected chi connectivity index (χ3v) is 1.98. The van der Waals surface area contributed by atoms with Crippen LogP contribution in [0.3, 0.4) is 0 Å². The average Bonchev–Trinajstić information content (AvgIpc) is 2.26. The highest BCUT2D eigenvalue weighted by Gasteiger charge is 2.09. The van der Waals surface area contributed by atoms with E-state index in [4.69, 9.17) is 15.6 Å². The van der Waals surface area contributed by atoms with Crippen LogP contribution in [0.4, 0.5) is 9.18 Å². The first-order valence-electron chi connectivity index (χ1n) is 5.01. The lowest BCUT2D eigenvalue weighted by molar-refractivity contribution is 0.0814. The molecule has 0 aliphatic rings. The van der Waals surface area contributed by atoms with Gasteiger partial charge in [-0.1, -0.05) is 0 Å². The van der Waals surface area contributed by atoms with Crippen molar-refractivity contribution in [3.63, 3.8) is 0 Å². The Morgan fingerprint density at radius 1 is 1.59 bits per heavy atom. The summed E-state index contributed by atoms with van der Waals surface area (Å²) < 4.78 is 22.8. The van der Waals surface area contributed by atoms with Gasteiger partial charge in [0.05, 0.1) is 6.61 Å². The first kappa shape index (κ1) is 13.2. The van der Waals surface area contributed by atoms with Gasteiger partial charge in [0, 0.05) is 5.56 Å². The fraction of sp³-hybridized carbons (Fsp3) is 0.364. The van der Waals surface area contributed by atoms with E-state index in [2.05, 4.69) is 4.74 Å². The molecule has 1 atom stereocenters. The minimum atomic E-state index is -0.886. The summed E-state index contributed by atoms with van der Waals surface area (Å²) in [6.07, 6.45) is -1.41. The number of amides is 1. The molecule has 6 heteroatoms. The van der Waals surface area contributed by atoms with Crippen LogP contribution in [0, 0.1) is 5.82 Å². The summed E-state index contributed by atoms with van der Waals surface area (Å²) in [5.74, 6) is -0.114. The smallest absolute Gasteiger partial charge is 0.404 e. The Morgan fingerprint density at radius 2 is 2.29 bits per heavy atom. The van der Waals surface area contributed by atoms with E-state index >= 15 is 0 Å². The van der Waals surface area contributed by atoms with E-state index in [9.17, 15) is 9.18 Å². The molecule has 3 N–H and O–H groups in total. The highest BCUT2D eigenvalue weighted by atomic mass is 19.1. The lowest BCUT2D eigenvalue weighted by atomic mass is 10.2. The maximum Gasteiger partial charge on any atom is 0.404 e. The molecular weight excluding hydrogens is 229 g/mol. The minimum Gasteiger partial charge on any atom is -0.489 e. The standard InChI is InChI=1S/C11H14FNO4/c1-7(17-11(13)15)6-16-10-3-2-9(12)4-8(10)5-14/h2-4,7,14H,5-6H2,1H3,(H2,13,15)/t7-/m1/s1. The molecule has 0 spiro atoms. The van der Waals surface area contributed by atoms with Crippen LogP contribution >= 0.6 is 0 Å². The van der Waals surface area contributed by atoms with Crippen molar-refractivity contribution in [2.24, 2.45) is 5.73 Å². The Bertz CT molecular complexity index is 397. The molecule has 0 unspecified atom stereocenters. The number of primary amides is 1. The molecule has 0 radical (unpaired) electrons. The van der Waals surface area contributed by atoms with Crippen molar-refractivity contribution in [3.05, 3.63) is 29.6 Å². The van der Waals surface area contributed by atoms with Gasteiger partial charge in [0.25, 0.3) is 0 Å². The fourth-order valence-electron chi connectivity index (χ4n) is 1.25. The third-order valence-electron chi connectivity index (χ3n) is 1.98. The van der Waals surface area contributed by atoms with Crippen LogP contribution in [0.2, 0.25) is 0 Å². The maximum atomic E-state index is 12.9. The molecule has 0 saturated carbocycles. The number of hydrogen-bond acceptors (Lipinski definition) is 4. The van der Waals surface area contributed by atoms with Gasteiger partial charge < -0.3 is 20.3 Å². The molecule has 0 aromatic heterocycles. The summed E-state index contributed by atoms with van der Waals surface area (Å²) in [6.45, 7) is 1.34. The summed E-state index contributed by atoms with van der Waals surface area (Å²) in [7, 11) is 0. The highest BCUT2D eigenvalue weighted by Crippen LogP contribution is 2.19. The van der Waals surface area contributed by atoms with Gasteiger partial charge in [-0.15, -0.1) is 0 Å². The van der Waals surface area contributed by atoms with Crippen LogP contribution in [0.5, 0.6) is 5.75 Å². The Labute approximate surface area is 97.9 Å². The van der Waals surface area contributed by atoms with Gasteiger partial charge in [0.1, 0.15) is 24.3 Å². The molecule has 0 saturated heterocycles. The number of aliphatic hydroxyl groups excluding tert-OH is 1. The topological polar surface area (TPSA) is 81.8 Å². The number of aliphatic hydroxyl groups is 1. The molecule has 1 amide bonds. The SMILES string of the molecule is C[C@H](COc1ccc(F)cc1CO)OC(N)=O. The van der Waals surface area contributed by atoms with Crippen LogP contribution in [0.1, 0.15) is 12.5 Å². The van der Waals surface area contributed by atoms with Gasteiger partial charge in [-0.3, -0.25) is 0 Å². The van der Waals surface area contributed by atoms with Crippen LogP contribution < -0.4 is 10.5 Å². The van der Waals surface area contributed by atoms with Crippen LogP contribution in [0.25, 0.3) is 0 Å². The number of carbonyl (C=O) groups excluding carboxylic acids is 1. The first-order chi connectivity index (χ1) is 8.02. The zero-order valence-corrected chi connectivity index (χ0v) is 9.35. The van der Waals surface area contributed by atoms with E-state index in [0.29, 0.717) is 11.3 Å². The van der Waals surface area contributed by atoms with Crippen LogP contribution in [-0.2, 0) is 11.3 Å². The number of benzene rings is 1. The summed E-state index contributed by atoms with van der Waals surface area (Å²) in [4.78, 5) is 10.4. The molecule has 17 heavy (non-hydrogen) atoms. The van der Waals surface area contributed by atoms with Crippen molar-refractivity contribution < 1.29 is 23.8 Å². The predicted octanol–water partition coefficient (Wildman–Crippen LogP) is 1.18. The number of halogens is 1. The van der Waals surface area contributed by atoms with E-state index in [-0.39, 0.29) is 13.2 Å². The molecular formula is C11H14FNO4. The molecule has 0 bridgehead atoms. The number of nitrogens with two attached hydrogens (primary N) is 1.